The van der Waals surface area contributed by atoms with Crippen LogP contribution in [0.15, 0.2) is 90.1 Å². The van der Waals surface area contributed by atoms with Crippen LogP contribution in [0.25, 0.3) is 0 Å². The number of amides is 1. The van der Waals surface area contributed by atoms with Gasteiger partial charge in [-0.15, -0.1) is 10.2 Å². The van der Waals surface area contributed by atoms with E-state index in [-0.39, 0.29) is 11.2 Å². The summed E-state index contributed by atoms with van der Waals surface area (Å²) in [7, 11) is 0. The fourth-order valence-corrected chi connectivity index (χ4v) is 4.65. The third-order valence-corrected chi connectivity index (χ3v) is 6.60. The van der Waals surface area contributed by atoms with Crippen molar-refractivity contribution < 1.29 is 4.79 Å². The molecule has 1 heterocycles. The lowest BCUT2D eigenvalue weighted by atomic mass is 10.2. The van der Waals surface area contributed by atoms with Crippen LogP contribution in [-0.4, -0.2) is 25.9 Å². The van der Waals surface area contributed by atoms with Crippen molar-refractivity contribution in [3.05, 3.63) is 95.8 Å². The van der Waals surface area contributed by atoms with Gasteiger partial charge in [-0.2, -0.15) is 0 Å². The highest BCUT2D eigenvalue weighted by atomic mass is 35.5. The second kappa shape index (κ2) is 11.2. The Hall–Kier alpha value is -3.29. The Kier molecular flexibility index (Phi) is 7.87. The van der Waals surface area contributed by atoms with Crippen LogP contribution in [0.1, 0.15) is 19.7 Å². The smallest absolute Gasteiger partial charge is 0.244 e. The van der Waals surface area contributed by atoms with Gasteiger partial charge in [-0.25, -0.2) is 0 Å². The first kappa shape index (κ1) is 23.9. The molecule has 4 aromatic rings. The molecule has 0 aliphatic rings. The maximum Gasteiger partial charge on any atom is 0.244 e. The van der Waals surface area contributed by atoms with Crippen LogP contribution in [-0.2, 0) is 17.9 Å². The van der Waals surface area contributed by atoms with Gasteiger partial charge < -0.3 is 9.88 Å². The van der Waals surface area contributed by atoms with Crippen LogP contribution in [0.5, 0.6) is 0 Å². The van der Waals surface area contributed by atoms with Gasteiger partial charge in [0.05, 0.1) is 11.8 Å². The number of hydrogen-bond donors (Lipinski definition) is 1. The molecule has 0 bridgehead atoms. The lowest BCUT2D eigenvalue weighted by molar-refractivity contribution is -0.117. The number of hydrogen-bond acceptors (Lipinski definition) is 5. The molecule has 0 aliphatic heterocycles. The lowest BCUT2D eigenvalue weighted by Gasteiger charge is -2.25. The molecule has 8 heteroatoms. The van der Waals surface area contributed by atoms with Crippen LogP contribution in [0.2, 0.25) is 5.02 Å². The predicted octanol–water partition coefficient (Wildman–Crippen LogP) is 6.41. The molecule has 0 aliphatic carbocycles. The average molecular weight is 492 g/mol. The summed E-state index contributed by atoms with van der Waals surface area (Å²) < 4.78 is 2.03. The van der Waals surface area contributed by atoms with Gasteiger partial charge in [0.2, 0.25) is 5.91 Å². The second-order valence-corrected chi connectivity index (χ2v) is 9.35. The number of nitrogens with zero attached hydrogens (tertiary/aromatic N) is 4. The molecule has 1 amide bonds. The quantitative estimate of drug-likeness (QED) is 0.274. The number of nitrogens with one attached hydrogen (secondary N) is 1. The number of rotatable bonds is 9. The Labute approximate surface area is 209 Å². The zero-order valence-electron chi connectivity index (χ0n) is 19.1. The molecule has 6 nitrogen and oxygen atoms in total. The number of anilines is 3. The number of para-hydroxylation sites is 2. The van der Waals surface area contributed by atoms with Crippen molar-refractivity contribution in [2.45, 2.75) is 37.3 Å². The number of carbonyl (C=O) groups is 1. The molecular weight excluding hydrogens is 466 g/mol. The highest BCUT2D eigenvalue weighted by molar-refractivity contribution is 8.00. The summed E-state index contributed by atoms with van der Waals surface area (Å²) >= 11 is 7.38. The minimum absolute atomic E-state index is 0.0195. The van der Waals surface area contributed by atoms with Gasteiger partial charge in [-0.3, -0.25) is 9.69 Å². The molecule has 34 heavy (non-hydrogen) atoms. The van der Waals surface area contributed by atoms with E-state index < -0.39 is 0 Å². The predicted molar refractivity (Wildman–Crippen MR) is 140 cm³/mol. The van der Waals surface area contributed by atoms with Gasteiger partial charge >= 0.3 is 0 Å². The SMILES string of the molecule is CCn1c(CNc2ccc(Cl)cc2)nnc1S[C@@H](C)C(=O)N(c1ccccc1)c1ccccc1. The highest BCUT2D eigenvalue weighted by Gasteiger charge is 2.26. The molecule has 0 saturated heterocycles. The van der Waals surface area contributed by atoms with Gasteiger partial charge in [-0.05, 0) is 62.4 Å². The minimum Gasteiger partial charge on any atom is -0.378 e. The lowest BCUT2D eigenvalue weighted by Crippen LogP contribution is -2.33. The summed E-state index contributed by atoms with van der Waals surface area (Å²) in [5.41, 5.74) is 2.61. The van der Waals surface area contributed by atoms with Gasteiger partial charge in [0.25, 0.3) is 0 Å². The van der Waals surface area contributed by atoms with Crippen molar-refractivity contribution >= 4 is 46.3 Å². The molecule has 1 atom stereocenters. The first-order valence-electron chi connectivity index (χ1n) is 11.1. The van der Waals surface area contributed by atoms with Crippen LogP contribution in [0.4, 0.5) is 17.1 Å². The Morgan fingerprint density at radius 2 is 1.56 bits per heavy atom. The number of benzene rings is 3. The van der Waals surface area contributed by atoms with E-state index >= 15 is 0 Å². The van der Waals surface area contributed by atoms with E-state index in [0.717, 1.165) is 28.0 Å². The van der Waals surface area contributed by atoms with E-state index in [1.807, 2.05) is 103 Å². The second-order valence-electron chi connectivity index (χ2n) is 7.61. The molecule has 4 rings (SSSR count). The maximum absolute atomic E-state index is 13.6. The van der Waals surface area contributed by atoms with Crippen molar-refractivity contribution in [2.75, 3.05) is 10.2 Å². The van der Waals surface area contributed by atoms with E-state index in [4.69, 9.17) is 11.6 Å². The third-order valence-electron chi connectivity index (χ3n) is 5.28. The Morgan fingerprint density at radius 1 is 0.971 bits per heavy atom. The maximum atomic E-state index is 13.6. The summed E-state index contributed by atoms with van der Waals surface area (Å²) in [6.07, 6.45) is 0. The fraction of sp³-hybridized carbons (Fsp3) is 0.192. The molecule has 174 valence electrons. The normalized spacial score (nSPS) is 11.7. The molecule has 0 spiro atoms. The van der Waals surface area contributed by atoms with E-state index in [9.17, 15) is 4.79 Å². The van der Waals surface area contributed by atoms with E-state index in [1.165, 1.54) is 11.8 Å². The third kappa shape index (κ3) is 5.61. The van der Waals surface area contributed by atoms with Crippen LogP contribution in [0, 0.1) is 0 Å². The van der Waals surface area contributed by atoms with E-state index in [2.05, 4.69) is 15.5 Å². The average Bonchev–Trinajstić information content (AvgIpc) is 3.26. The van der Waals surface area contributed by atoms with Crippen molar-refractivity contribution in [3.63, 3.8) is 0 Å². The largest absolute Gasteiger partial charge is 0.378 e. The zero-order valence-corrected chi connectivity index (χ0v) is 20.6. The molecule has 0 saturated carbocycles. The summed E-state index contributed by atoms with van der Waals surface area (Å²) in [5.74, 6) is 0.788. The van der Waals surface area contributed by atoms with Gasteiger partial charge in [-0.1, -0.05) is 59.8 Å². The fourth-order valence-electron chi connectivity index (χ4n) is 3.55. The number of carbonyl (C=O) groups excluding carboxylic acids is 1. The van der Waals surface area contributed by atoms with Crippen molar-refractivity contribution in [2.24, 2.45) is 0 Å². The first-order valence-corrected chi connectivity index (χ1v) is 12.3. The monoisotopic (exact) mass is 491 g/mol. The van der Waals surface area contributed by atoms with Crippen LogP contribution >= 0.6 is 23.4 Å². The topological polar surface area (TPSA) is 63.1 Å². The standard InChI is InChI=1S/C26H26ClN5OS/c1-3-31-24(18-28-21-16-14-20(27)15-17-21)29-30-26(31)34-19(2)25(33)32(22-10-6-4-7-11-22)23-12-8-5-9-13-23/h4-17,19,28H,3,18H2,1-2H3/t19-/m0/s1. The zero-order chi connectivity index (χ0) is 23.9. The Balaban J connectivity index is 1.51. The Morgan fingerprint density at radius 3 is 2.12 bits per heavy atom. The van der Waals surface area contributed by atoms with Crippen molar-refractivity contribution in [1.82, 2.24) is 14.8 Å². The van der Waals surface area contributed by atoms with Crippen molar-refractivity contribution in [1.29, 1.82) is 0 Å². The first-order chi connectivity index (χ1) is 16.6. The number of thioether (sulfide) groups is 1. The number of aromatic nitrogens is 3. The summed E-state index contributed by atoms with van der Waals surface area (Å²) in [6.45, 7) is 5.18. The molecule has 0 fully saturated rings. The van der Waals surface area contributed by atoms with Crippen LogP contribution in [0.3, 0.4) is 0 Å². The van der Waals surface area contributed by atoms with Crippen molar-refractivity contribution in [3.8, 4) is 0 Å². The molecular formula is C26H26ClN5OS. The van der Waals surface area contributed by atoms with Crippen LogP contribution < -0.4 is 10.2 Å². The summed E-state index contributed by atoms with van der Waals surface area (Å²) in [4.78, 5) is 15.4. The van der Waals surface area contributed by atoms with Gasteiger partial charge in [0, 0.05) is 28.6 Å². The van der Waals surface area contributed by atoms with E-state index in [1.54, 1.807) is 4.90 Å². The number of halogens is 1. The molecule has 1 aromatic heterocycles. The van der Waals surface area contributed by atoms with Gasteiger partial charge in [0.15, 0.2) is 11.0 Å². The Bertz CT molecular complexity index is 1180. The molecule has 1 N–H and O–H groups in total. The molecule has 3 aromatic carbocycles. The van der Waals surface area contributed by atoms with Gasteiger partial charge in [0.1, 0.15) is 0 Å². The summed E-state index contributed by atoms with van der Waals surface area (Å²) in [5, 5.41) is 13.1. The minimum atomic E-state index is -0.369. The molecule has 0 unspecified atom stereocenters. The molecule has 0 radical (unpaired) electrons. The van der Waals surface area contributed by atoms with E-state index in [0.29, 0.717) is 18.1 Å². The highest BCUT2D eigenvalue weighted by Crippen LogP contribution is 2.31. The summed E-state index contributed by atoms with van der Waals surface area (Å²) in [6, 6.07) is 26.9.